The van der Waals surface area contributed by atoms with E-state index in [4.69, 9.17) is 29.4 Å². The first-order chi connectivity index (χ1) is 21.1. The quantitative estimate of drug-likeness (QED) is 0.244. The van der Waals surface area contributed by atoms with Gasteiger partial charge < -0.3 is 49.8 Å². The first-order valence-corrected chi connectivity index (χ1v) is 15.1. The molecule has 12 nitrogen and oxygen atoms in total. The molecule has 2 aromatic rings. The number of carbonyl (C=O) groups is 2. The Kier molecular flexibility index (Phi) is 8.44. The normalized spacial score (nSPS) is 31.5. The fourth-order valence-electron chi connectivity index (χ4n) is 7.06. The van der Waals surface area contributed by atoms with Crippen molar-refractivity contribution in [1.29, 1.82) is 0 Å². The molecular weight excluding hydrogens is 574 g/mol. The lowest BCUT2D eigenvalue weighted by atomic mass is 9.72. The lowest BCUT2D eigenvalue weighted by Crippen LogP contribution is -2.55. The number of hydrogen-bond donors (Lipinski definition) is 5. The molecule has 2 unspecified atom stereocenters. The molecule has 0 radical (unpaired) electrons. The molecule has 0 spiro atoms. The van der Waals surface area contributed by atoms with Crippen LogP contribution in [0, 0.1) is 0 Å². The summed E-state index contributed by atoms with van der Waals surface area (Å²) in [5.41, 5.74) is 5.47. The van der Waals surface area contributed by atoms with E-state index < -0.39 is 66.6 Å². The van der Waals surface area contributed by atoms with Crippen molar-refractivity contribution in [3.05, 3.63) is 51.6 Å². The first kappa shape index (κ1) is 30.9. The van der Waals surface area contributed by atoms with Gasteiger partial charge in [-0.1, -0.05) is 12.1 Å². The Hall–Kier alpha value is -3.10. The summed E-state index contributed by atoms with van der Waals surface area (Å²) < 4.78 is 29.7. The smallest absolute Gasteiger partial charge is 0.201 e. The van der Waals surface area contributed by atoms with Gasteiger partial charge in [-0.3, -0.25) is 9.59 Å². The fraction of sp³-hybridized carbons (Fsp3) is 0.562. The van der Waals surface area contributed by atoms with E-state index in [9.17, 15) is 30.0 Å². The molecular formula is C32H39NO11. The predicted molar refractivity (Wildman–Crippen MR) is 154 cm³/mol. The van der Waals surface area contributed by atoms with Gasteiger partial charge in [-0.15, -0.1) is 0 Å². The zero-order valence-corrected chi connectivity index (χ0v) is 24.8. The maximum Gasteiger partial charge on any atom is 0.201 e. The molecule has 0 aromatic heterocycles. The van der Waals surface area contributed by atoms with Crippen LogP contribution >= 0.6 is 0 Å². The average molecular weight is 614 g/mol. The van der Waals surface area contributed by atoms with E-state index in [2.05, 4.69) is 0 Å². The highest BCUT2D eigenvalue weighted by Crippen LogP contribution is 2.52. The van der Waals surface area contributed by atoms with Crippen LogP contribution in [-0.4, -0.2) is 88.7 Å². The van der Waals surface area contributed by atoms with E-state index in [-0.39, 0.29) is 59.1 Å². The van der Waals surface area contributed by atoms with Crippen molar-refractivity contribution < 1.29 is 53.7 Å². The van der Waals surface area contributed by atoms with Gasteiger partial charge in [0.1, 0.15) is 35.6 Å². The molecule has 0 amide bonds. The molecule has 2 fully saturated rings. The van der Waals surface area contributed by atoms with Crippen LogP contribution in [-0.2, 0) is 36.6 Å². The number of aliphatic hydroxyl groups excluding tert-OH is 1. The van der Waals surface area contributed by atoms with Crippen molar-refractivity contribution in [3.8, 4) is 17.2 Å². The monoisotopic (exact) mass is 613 g/mol. The Morgan fingerprint density at radius 3 is 2.59 bits per heavy atom. The minimum Gasteiger partial charge on any atom is -0.507 e. The molecule has 4 aliphatic rings. The number of aromatic hydroxyl groups is 2. The van der Waals surface area contributed by atoms with E-state index in [0.717, 1.165) is 19.3 Å². The third-order valence-electron chi connectivity index (χ3n) is 9.30. The van der Waals surface area contributed by atoms with Gasteiger partial charge in [0.15, 0.2) is 18.4 Å². The minimum absolute atomic E-state index is 0.0600. The fourth-order valence-corrected chi connectivity index (χ4v) is 7.06. The molecule has 2 heterocycles. The number of phenolic OH excluding ortho intramolecular Hbond substituents is 2. The third kappa shape index (κ3) is 5.28. The van der Waals surface area contributed by atoms with Crippen LogP contribution in [0.15, 0.2) is 18.2 Å². The Morgan fingerprint density at radius 2 is 1.91 bits per heavy atom. The number of benzene rings is 2. The predicted octanol–water partition coefficient (Wildman–Crippen LogP) is 1.91. The number of hydrogen-bond acceptors (Lipinski definition) is 12. The molecule has 238 valence electrons. The second kappa shape index (κ2) is 12.0. The average Bonchev–Trinajstić information content (AvgIpc) is 3.01. The van der Waals surface area contributed by atoms with Crippen LogP contribution in [0.5, 0.6) is 17.2 Å². The standard InChI is InChI=1S/C32H39NO11/c1-15-31(44-23-8-3-4-9-41-23)19(33)11-24(42-15)43-21-13-32(39,22(35)14-34)12-18-26(21)30(38)27-17(28(18)36)10-16-6-5-7-20(40-2)25(16)29(27)37/h5-7,15,19,21,23-24,31,34,36,38-39H,3-4,8-14,33H2,1-2H3/t15-,19-,21-,23?,24?,31+,32-/m0/s1. The Bertz CT molecular complexity index is 1440. The number of phenols is 2. The molecule has 6 N–H and O–H groups in total. The largest absolute Gasteiger partial charge is 0.507 e. The van der Waals surface area contributed by atoms with Gasteiger partial charge in [0.05, 0.1) is 30.4 Å². The summed E-state index contributed by atoms with van der Waals surface area (Å²) in [5.74, 6) is -1.81. The van der Waals surface area contributed by atoms with Crippen molar-refractivity contribution in [1.82, 2.24) is 0 Å². The molecule has 6 rings (SSSR count). The van der Waals surface area contributed by atoms with Crippen LogP contribution < -0.4 is 10.5 Å². The van der Waals surface area contributed by atoms with Gasteiger partial charge in [-0.05, 0) is 37.8 Å². The second-order valence-electron chi connectivity index (χ2n) is 12.1. The lowest BCUT2D eigenvalue weighted by molar-refractivity contribution is -0.281. The van der Waals surface area contributed by atoms with Crippen LogP contribution in [0.2, 0.25) is 0 Å². The van der Waals surface area contributed by atoms with Gasteiger partial charge in [0.2, 0.25) is 5.78 Å². The van der Waals surface area contributed by atoms with Crippen LogP contribution in [0.1, 0.15) is 83.3 Å². The first-order valence-electron chi connectivity index (χ1n) is 15.1. The Labute approximate surface area is 254 Å². The highest BCUT2D eigenvalue weighted by molar-refractivity contribution is 6.16. The SMILES string of the molecule is COc1cccc2c1C(=O)c1c(O)c3c(c(O)c1C2)C[C@@](O)(C(=O)CO)C[C@@H]3OC1C[C@H](N)[C@H](OC2CCCCO2)[C@H](C)O1. The molecule has 44 heavy (non-hydrogen) atoms. The molecule has 0 bridgehead atoms. The molecule has 2 saturated heterocycles. The van der Waals surface area contributed by atoms with E-state index in [0.29, 0.717) is 17.9 Å². The van der Waals surface area contributed by atoms with Crippen LogP contribution in [0.25, 0.3) is 0 Å². The maximum atomic E-state index is 13.8. The Balaban J connectivity index is 1.35. The third-order valence-corrected chi connectivity index (χ3v) is 9.30. The molecule has 12 heteroatoms. The molecule has 7 atom stereocenters. The molecule has 2 aliphatic heterocycles. The van der Waals surface area contributed by atoms with Gasteiger partial charge in [-0.25, -0.2) is 0 Å². The summed E-state index contributed by atoms with van der Waals surface area (Å²) in [6.45, 7) is 1.48. The number of rotatable bonds is 7. The number of ether oxygens (including phenoxy) is 5. The van der Waals surface area contributed by atoms with Crippen molar-refractivity contribution in [3.63, 3.8) is 0 Å². The van der Waals surface area contributed by atoms with E-state index in [1.54, 1.807) is 25.1 Å². The Morgan fingerprint density at radius 1 is 1.11 bits per heavy atom. The van der Waals surface area contributed by atoms with Crippen molar-refractivity contribution in [2.75, 3.05) is 20.3 Å². The number of carbonyl (C=O) groups excluding carboxylic acids is 2. The molecule has 0 saturated carbocycles. The summed E-state index contributed by atoms with van der Waals surface area (Å²) in [6, 6.07) is 4.59. The topological polar surface area (TPSA) is 187 Å². The number of methoxy groups -OCH3 is 1. The number of Topliss-reactive ketones (excluding diaryl/α,β-unsaturated/α-hetero) is 1. The van der Waals surface area contributed by atoms with Crippen molar-refractivity contribution >= 4 is 11.6 Å². The summed E-state index contributed by atoms with van der Waals surface area (Å²) in [4.78, 5) is 26.6. The molecule has 2 aromatic carbocycles. The number of ketones is 2. The number of nitrogens with two attached hydrogens (primary N) is 1. The van der Waals surface area contributed by atoms with E-state index >= 15 is 0 Å². The maximum absolute atomic E-state index is 13.8. The zero-order chi connectivity index (χ0) is 31.3. The molecule has 2 aliphatic carbocycles. The van der Waals surface area contributed by atoms with E-state index in [1.807, 2.05) is 0 Å². The number of fused-ring (bicyclic) bond motifs is 3. The van der Waals surface area contributed by atoms with Gasteiger partial charge >= 0.3 is 0 Å². The summed E-state index contributed by atoms with van der Waals surface area (Å²) in [7, 11) is 1.44. The van der Waals surface area contributed by atoms with Crippen LogP contribution in [0.3, 0.4) is 0 Å². The van der Waals surface area contributed by atoms with Gasteiger partial charge in [0.25, 0.3) is 0 Å². The second-order valence-corrected chi connectivity index (χ2v) is 12.1. The van der Waals surface area contributed by atoms with Crippen molar-refractivity contribution in [2.24, 2.45) is 5.73 Å². The van der Waals surface area contributed by atoms with E-state index in [1.165, 1.54) is 7.11 Å². The summed E-state index contributed by atoms with van der Waals surface area (Å²) in [5, 5.41) is 44.3. The van der Waals surface area contributed by atoms with Gasteiger partial charge in [-0.2, -0.15) is 0 Å². The van der Waals surface area contributed by atoms with Gasteiger partial charge in [0, 0.05) is 55.0 Å². The lowest BCUT2D eigenvalue weighted by Gasteiger charge is -2.43. The van der Waals surface area contributed by atoms with Crippen molar-refractivity contribution in [2.45, 2.75) is 94.4 Å². The zero-order valence-electron chi connectivity index (χ0n) is 24.8. The number of aliphatic hydroxyl groups is 2. The minimum atomic E-state index is -2.11. The summed E-state index contributed by atoms with van der Waals surface area (Å²) >= 11 is 0. The van der Waals surface area contributed by atoms with Crippen LogP contribution in [0.4, 0.5) is 0 Å². The highest BCUT2D eigenvalue weighted by Gasteiger charge is 2.49. The summed E-state index contributed by atoms with van der Waals surface area (Å²) in [6.07, 6.45) is -1.25. The highest BCUT2D eigenvalue weighted by atomic mass is 16.7.